The summed E-state index contributed by atoms with van der Waals surface area (Å²) in [5, 5.41) is 5.92. The first-order valence-electron chi connectivity index (χ1n) is 6.97. The van der Waals surface area contributed by atoms with E-state index in [1.54, 1.807) is 11.3 Å². The van der Waals surface area contributed by atoms with Gasteiger partial charge < -0.3 is 10.2 Å². The molecule has 2 aromatic heterocycles. The normalized spacial score (nSPS) is 23.4. The van der Waals surface area contributed by atoms with E-state index in [9.17, 15) is 0 Å². The second kappa shape index (κ2) is 5.84. The van der Waals surface area contributed by atoms with Crippen molar-refractivity contribution in [1.82, 2.24) is 14.9 Å². The number of hydrogen-bond acceptors (Lipinski definition) is 5. The first-order chi connectivity index (χ1) is 9.63. The Morgan fingerprint density at radius 3 is 2.70 bits per heavy atom. The maximum Gasteiger partial charge on any atom is 0.224 e. The lowest BCUT2D eigenvalue weighted by molar-refractivity contribution is 0.221. The van der Waals surface area contributed by atoms with Crippen molar-refractivity contribution < 1.29 is 0 Å². The van der Waals surface area contributed by atoms with Gasteiger partial charge in [0.2, 0.25) is 5.28 Å². The zero-order chi connectivity index (χ0) is 14.1. The molecule has 0 bridgehead atoms. The Morgan fingerprint density at radius 2 is 2.00 bits per heavy atom. The van der Waals surface area contributed by atoms with Gasteiger partial charge in [-0.3, -0.25) is 0 Å². The minimum atomic E-state index is 0.320. The molecular formula is C14H19ClN4S. The van der Waals surface area contributed by atoms with Crippen LogP contribution < -0.4 is 5.32 Å². The van der Waals surface area contributed by atoms with E-state index in [1.807, 2.05) is 11.4 Å². The summed E-state index contributed by atoms with van der Waals surface area (Å²) < 4.78 is 1.10. The number of aromatic nitrogens is 2. The van der Waals surface area contributed by atoms with Gasteiger partial charge in [-0.1, -0.05) is 0 Å². The molecule has 0 atom stereocenters. The van der Waals surface area contributed by atoms with Crippen molar-refractivity contribution in [2.45, 2.75) is 37.8 Å². The zero-order valence-corrected chi connectivity index (χ0v) is 13.3. The number of halogens is 1. The fourth-order valence-corrected chi connectivity index (χ4v) is 3.82. The maximum absolute atomic E-state index is 6.00. The summed E-state index contributed by atoms with van der Waals surface area (Å²) in [4.78, 5) is 10.9. The summed E-state index contributed by atoms with van der Waals surface area (Å²) in [6.07, 6.45) is 4.82. The Balaban J connectivity index is 1.73. The highest BCUT2D eigenvalue weighted by molar-refractivity contribution is 7.17. The van der Waals surface area contributed by atoms with Crippen molar-refractivity contribution in [2.75, 3.05) is 19.4 Å². The van der Waals surface area contributed by atoms with Crippen LogP contribution in [0.15, 0.2) is 11.4 Å². The Morgan fingerprint density at radius 1 is 1.25 bits per heavy atom. The highest BCUT2D eigenvalue weighted by Crippen LogP contribution is 2.30. The predicted octanol–water partition coefficient (Wildman–Crippen LogP) is 3.63. The summed E-state index contributed by atoms with van der Waals surface area (Å²) in [5.41, 5.74) is 0.930. The highest BCUT2D eigenvalue weighted by atomic mass is 35.5. The van der Waals surface area contributed by atoms with Crippen LogP contribution in [0.1, 0.15) is 25.7 Å². The van der Waals surface area contributed by atoms with Crippen LogP contribution in [-0.2, 0) is 0 Å². The fourth-order valence-electron chi connectivity index (χ4n) is 2.86. The van der Waals surface area contributed by atoms with Crippen molar-refractivity contribution in [3.05, 3.63) is 16.7 Å². The number of thiophene rings is 1. The lowest BCUT2D eigenvalue weighted by atomic mass is 9.90. The van der Waals surface area contributed by atoms with Gasteiger partial charge in [0.1, 0.15) is 5.82 Å². The van der Waals surface area contributed by atoms with Gasteiger partial charge in [0.15, 0.2) is 0 Å². The second-order valence-electron chi connectivity index (χ2n) is 5.59. The van der Waals surface area contributed by atoms with Gasteiger partial charge in [0.05, 0.1) is 10.2 Å². The molecule has 20 heavy (non-hydrogen) atoms. The molecule has 0 radical (unpaired) electrons. The number of rotatable bonds is 3. The Bertz CT molecular complexity index is 590. The SMILES string of the molecule is CN(C)C1CCC(Nc2nc(Cl)nc3ccsc23)CC1. The van der Waals surface area contributed by atoms with Gasteiger partial charge in [-0.05, 0) is 62.8 Å². The van der Waals surface area contributed by atoms with Crippen LogP contribution in [0.4, 0.5) is 5.82 Å². The molecule has 1 saturated carbocycles. The number of nitrogens with one attached hydrogen (secondary N) is 1. The predicted molar refractivity (Wildman–Crippen MR) is 85.8 cm³/mol. The quantitative estimate of drug-likeness (QED) is 0.879. The summed E-state index contributed by atoms with van der Waals surface area (Å²) in [6.45, 7) is 0. The average molecular weight is 311 g/mol. The van der Waals surface area contributed by atoms with Crippen LogP contribution in [0.3, 0.4) is 0 Å². The van der Waals surface area contributed by atoms with Crippen molar-refractivity contribution in [1.29, 1.82) is 0 Å². The molecule has 0 unspecified atom stereocenters. The van der Waals surface area contributed by atoms with Gasteiger partial charge in [-0.2, -0.15) is 4.98 Å². The molecule has 108 valence electrons. The summed E-state index contributed by atoms with van der Waals surface area (Å²) in [5.74, 6) is 0.892. The molecule has 0 saturated heterocycles. The van der Waals surface area contributed by atoms with Gasteiger partial charge in [0, 0.05) is 12.1 Å². The molecule has 1 aliphatic carbocycles. The van der Waals surface area contributed by atoms with Crippen LogP contribution in [0, 0.1) is 0 Å². The molecule has 3 rings (SSSR count). The third-order valence-corrected chi connectivity index (χ3v) is 5.12. The molecule has 1 fully saturated rings. The number of nitrogens with zero attached hydrogens (tertiary/aromatic N) is 3. The number of fused-ring (bicyclic) bond motifs is 1. The molecule has 1 N–H and O–H groups in total. The molecule has 0 aliphatic heterocycles. The molecule has 0 spiro atoms. The van der Waals surface area contributed by atoms with E-state index >= 15 is 0 Å². The minimum Gasteiger partial charge on any atom is -0.366 e. The monoisotopic (exact) mass is 310 g/mol. The molecule has 2 aromatic rings. The van der Waals surface area contributed by atoms with Crippen LogP contribution in [0.2, 0.25) is 5.28 Å². The van der Waals surface area contributed by atoms with E-state index in [0.29, 0.717) is 17.4 Å². The van der Waals surface area contributed by atoms with Gasteiger partial charge in [0.25, 0.3) is 0 Å². The third kappa shape index (κ3) is 2.90. The van der Waals surface area contributed by atoms with E-state index in [-0.39, 0.29) is 0 Å². The largest absolute Gasteiger partial charge is 0.366 e. The van der Waals surface area contributed by atoms with Crippen molar-refractivity contribution in [3.63, 3.8) is 0 Å². The Hall–Kier alpha value is -0.910. The Labute approximate surface area is 128 Å². The van der Waals surface area contributed by atoms with Crippen molar-refractivity contribution >= 4 is 39.0 Å². The van der Waals surface area contributed by atoms with Crippen LogP contribution >= 0.6 is 22.9 Å². The average Bonchev–Trinajstić information content (AvgIpc) is 2.87. The standard InChI is InChI=1S/C14H19ClN4S/c1-19(2)10-5-3-9(4-6-10)16-13-12-11(7-8-20-12)17-14(15)18-13/h7-10H,3-6H2,1-2H3,(H,16,17,18). The molecule has 6 heteroatoms. The molecule has 0 amide bonds. The Kier molecular flexibility index (Phi) is 4.10. The van der Waals surface area contributed by atoms with E-state index in [0.717, 1.165) is 16.0 Å². The van der Waals surface area contributed by atoms with Gasteiger partial charge in [-0.25, -0.2) is 4.98 Å². The lowest BCUT2D eigenvalue weighted by Crippen LogP contribution is -2.36. The third-order valence-electron chi connectivity index (χ3n) is 4.04. The van der Waals surface area contributed by atoms with Crippen LogP contribution in [-0.4, -0.2) is 41.0 Å². The summed E-state index contributed by atoms with van der Waals surface area (Å²) in [7, 11) is 4.33. The number of hydrogen-bond donors (Lipinski definition) is 1. The minimum absolute atomic E-state index is 0.320. The first-order valence-corrected chi connectivity index (χ1v) is 8.23. The molecule has 4 nitrogen and oxygen atoms in total. The van der Waals surface area contributed by atoms with E-state index in [2.05, 4.69) is 34.3 Å². The van der Waals surface area contributed by atoms with Crippen LogP contribution in [0.25, 0.3) is 10.2 Å². The lowest BCUT2D eigenvalue weighted by Gasteiger charge is -2.33. The molecular weight excluding hydrogens is 292 g/mol. The fraction of sp³-hybridized carbons (Fsp3) is 0.571. The van der Waals surface area contributed by atoms with E-state index in [1.165, 1.54) is 25.7 Å². The van der Waals surface area contributed by atoms with E-state index < -0.39 is 0 Å². The smallest absolute Gasteiger partial charge is 0.224 e. The number of anilines is 1. The maximum atomic E-state index is 6.00. The van der Waals surface area contributed by atoms with Crippen molar-refractivity contribution in [3.8, 4) is 0 Å². The van der Waals surface area contributed by atoms with E-state index in [4.69, 9.17) is 11.6 Å². The molecule has 2 heterocycles. The van der Waals surface area contributed by atoms with Crippen LogP contribution in [0.5, 0.6) is 0 Å². The highest BCUT2D eigenvalue weighted by Gasteiger charge is 2.23. The van der Waals surface area contributed by atoms with Gasteiger partial charge in [-0.15, -0.1) is 11.3 Å². The topological polar surface area (TPSA) is 41.0 Å². The van der Waals surface area contributed by atoms with Crippen molar-refractivity contribution in [2.24, 2.45) is 0 Å². The second-order valence-corrected chi connectivity index (χ2v) is 6.84. The molecule has 1 aliphatic rings. The summed E-state index contributed by atoms with van der Waals surface area (Å²) >= 11 is 7.66. The first kappa shape index (κ1) is 14.0. The molecule has 0 aromatic carbocycles. The summed E-state index contributed by atoms with van der Waals surface area (Å²) in [6, 6.07) is 3.19. The van der Waals surface area contributed by atoms with Gasteiger partial charge >= 0.3 is 0 Å². The zero-order valence-electron chi connectivity index (χ0n) is 11.8.